The third-order valence-electron chi connectivity index (χ3n) is 2.89. The van der Waals surface area contributed by atoms with Crippen LogP contribution in [0.3, 0.4) is 0 Å². The number of nitrogens with zero attached hydrogens (tertiary/aromatic N) is 1. The van der Waals surface area contributed by atoms with Crippen molar-refractivity contribution in [3.8, 4) is 17.0 Å². The van der Waals surface area contributed by atoms with Gasteiger partial charge in [-0.3, -0.25) is 0 Å². The normalized spacial score (nSPS) is 10.9. The van der Waals surface area contributed by atoms with E-state index in [1.165, 1.54) is 16.1 Å². The molecule has 2 rings (SSSR count). The smallest absolute Gasteiger partial charge is 0.162 e. The van der Waals surface area contributed by atoms with Gasteiger partial charge in [-0.1, -0.05) is 0 Å². The van der Waals surface area contributed by atoms with Gasteiger partial charge in [0.2, 0.25) is 0 Å². The Kier molecular flexibility index (Phi) is 3.88. The molecule has 4 heteroatoms. The SMILES string of the molecule is COc1ccc(-c2c(C)sc(=S)n2C(C)C)cc1. The first-order valence-electron chi connectivity index (χ1n) is 5.91. The van der Waals surface area contributed by atoms with E-state index in [0.717, 1.165) is 9.70 Å². The van der Waals surface area contributed by atoms with Gasteiger partial charge in [0, 0.05) is 10.9 Å². The lowest BCUT2D eigenvalue weighted by Crippen LogP contribution is -2.03. The van der Waals surface area contributed by atoms with Gasteiger partial charge in [-0.2, -0.15) is 0 Å². The molecule has 0 saturated heterocycles. The van der Waals surface area contributed by atoms with Gasteiger partial charge in [0.15, 0.2) is 3.95 Å². The van der Waals surface area contributed by atoms with Crippen molar-refractivity contribution in [3.05, 3.63) is 33.1 Å². The average Bonchev–Trinajstić information content (AvgIpc) is 2.64. The Balaban J connectivity index is 2.59. The molecular formula is C14H17NOS2. The number of rotatable bonds is 3. The van der Waals surface area contributed by atoms with Crippen LogP contribution >= 0.6 is 23.6 Å². The Labute approximate surface area is 117 Å². The second kappa shape index (κ2) is 5.24. The summed E-state index contributed by atoms with van der Waals surface area (Å²) in [5, 5.41) is 0. The first kappa shape index (κ1) is 13.3. The Morgan fingerprint density at radius 3 is 2.33 bits per heavy atom. The fraction of sp³-hybridized carbons (Fsp3) is 0.357. The summed E-state index contributed by atoms with van der Waals surface area (Å²) in [6, 6.07) is 8.52. The highest BCUT2D eigenvalue weighted by Gasteiger charge is 2.13. The summed E-state index contributed by atoms with van der Waals surface area (Å²) >= 11 is 7.12. The average molecular weight is 279 g/mol. The standard InChI is InChI=1S/C14H17NOS2/c1-9(2)15-13(10(3)18-14(15)17)11-5-7-12(16-4)8-6-11/h5-9H,1-4H3. The van der Waals surface area contributed by atoms with Gasteiger partial charge in [-0.15, -0.1) is 11.3 Å². The fourth-order valence-electron chi connectivity index (χ4n) is 2.05. The van der Waals surface area contributed by atoms with Crippen LogP contribution in [0.5, 0.6) is 5.75 Å². The third-order valence-corrected chi connectivity index (χ3v) is 4.21. The van der Waals surface area contributed by atoms with E-state index in [0.29, 0.717) is 6.04 Å². The first-order chi connectivity index (χ1) is 8.54. The molecule has 1 aromatic heterocycles. The molecule has 0 saturated carbocycles. The summed E-state index contributed by atoms with van der Waals surface area (Å²) in [6.45, 7) is 6.45. The zero-order valence-electron chi connectivity index (χ0n) is 11.1. The van der Waals surface area contributed by atoms with E-state index in [1.807, 2.05) is 12.1 Å². The van der Waals surface area contributed by atoms with Crippen molar-refractivity contribution in [2.75, 3.05) is 7.11 Å². The van der Waals surface area contributed by atoms with Gasteiger partial charge in [-0.25, -0.2) is 0 Å². The van der Waals surface area contributed by atoms with Crippen molar-refractivity contribution in [1.29, 1.82) is 0 Å². The van der Waals surface area contributed by atoms with Crippen molar-refractivity contribution in [2.24, 2.45) is 0 Å². The number of thiazole rings is 1. The summed E-state index contributed by atoms with van der Waals surface area (Å²) in [7, 11) is 1.68. The molecule has 0 aliphatic carbocycles. The lowest BCUT2D eigenvalue weighted by atomic mass is 10.1. The molecule has 0 amide bonds. The minimum atomic E-state index is 0.375. The van der Waals surface area contributed by atoms with Crippen LogP contribution in [0.15, 0.2) is 24.3 Å². The maximum atomic E-state index is 5.44. The summed E-state index contributed by atoms with van der Waals surface area (Å²) < 4.78 is 8.35. The number of methoxy groups -OCH3 is 1. The van der Waals surface area contributed by atoms with E-state index in [9.17, 15) is 0 Å². The Morgan fingerprint density at radius 1 is 1.22 bits per heavy atom. The minimum absolute atomic E-state index is 0.375. The van der Waals surface area contributed by atoms with Crippen molar-refractivity contribution < 1.29 is 4.74 Å². The van der Waals surface area contributed by atoms with Crippen LogP contribution in [0.1, 0.15) is 24.8 Å². The molecule has 0 fully saturated rings. The van der Waals surface area contributed by atoms with E-state index in [2.05, 4.69) is 37.5 Å². The zero-order valence-corrected chi connectivity index (χ0v) is 12.7. The zero-order chi connectivity index (χ0) is 13.3. The van der Waals surface area contributed by atoms with E-state index in [4.69, 9.17) is 17.0 Å². The molecule has 18 heavy (non-hydrogen) atoms. The van der Waals surface area contributed by atoms with Gasteiger partial charge < -0.3 is 9.30 Å². The van der Waals surface area contributed by atoms with Crippen LogP contribution in [0.25, 0.3) is 11.3 Å². The fourth-order valence-corrected chi connectivity index (χ4v) is 3.70. The maximum Gasteiger partial charge on any atom is 0.162 e. The number of hydrogen-bond donors (Lipinski definition) is 0. The molecule has 0 atom stereocenters. The molecular weight excluding hydrogens is 262 g/mol. The van der Waals surface area contributed by atoms with Crippen molar-refractivity contribution in [1.82, 2.24) is 4.57 Å². The topological polar surface area (TPSA) is 14.2 Å². The highest BCUT2D eigenvalue weighted by Crippen LogP contribution is 2.32. The van der Waals surface area contributed by atoms with E-state index in [1.54, 1.807) is 18.4 Å². The number of ether oxygens (including phenoxy) is 1. The van der Waals surface area contributed by atoms with Crippen LogP contribution < -0.4 is 4.74 Å². The maximum absolute atomic E-state index is 5.44. The predicted octanol–water partition coefficient (Wildman–Crippen LogP) is 4.84. The molecule has 0 spiro atoms. The molecule has 0 radical (unpaired) electrons. The Hall–Kier alpha value is -1.13. The molecule has 1 heterocycles. The van der Waals surface area contributed by atoms with Crippen LogP contribution in [0.4, 0.5) is 0 Å². The molecule has 0 aliphatic rings. The van der Waals surface area contributed by atoms with Gasteiger partial charge in [-0.05, 0) is 62.8 Å². The van der Waals surface area contributed by atoms with Crippen LogP contribution in [-0.4, -0.2) is 11.7 Å². The van der Waals surface area contributed by atoms with Crippen molar-refractivity contribution >= 4 is 23.6 Å². The lowest BCUT2D eigenvalue weighted by molar-refractivity contribution is 0.415. The quantitative estimate of drug-likeness (QED) is 0.746. The molecule has 0 aliphatic heterocycles. The molecule has 96 valence electrons. The molecule has 0 bridgehead atoms. The largest absolute Gasteiger partial charge is 0.497 e. The lowest BCUT2D eigenvalue weighted by Gasteiger charge is -2.13. The summed E-state index contributed by atoms with van der Waals surface area (Å²) in [6.07, 6.45) is 0. The van der Waals surface area contributed by atoms with E-state index >= 15 is 0 Å². The Morgan fingerprint density at radius 2 is 1.83 bits per heavy atom. The van der Waals surface area contributed by atoms with E-state index in [-0.39, 0.29) is 0 Å². The predicted molar refractivity (Wildman–Crippen MR) is 80.3 cm³/mol. The second-order valence-corrected chi connectivity index (χ2v) is 6.31. The summed E-state index contributed by atoms with van der Waals surface area (Å²) in [5.74, 6) is 0.876. The summed E-state index contributed by atoms with van der Waals surface area (Å²) in [4.78, 5) is 1.26. The molecule has 2 aromatic rings. The van der Waals surface area contributed by atoms with Gasteiger partial charge in [0.1, 0.15) is 5.75 Å². The number of benzene rings is 1. The molecule has 1 aromatic carbocycles. The molecule has 0 unspecified atom stereocenters. The van der Waals surface area contributed by atoms with Gasteiger partial charge in [0.25, 0.3) is 0 Å². The second-order valence-electron chi connectivity index (χ2n) is 4.47. The van der Waals surface area contributed by atoms with Crippen molar-refractivity contribution in [2.45, 2.75) is 26.8 Å². The molecule has 0 N–H and O–H groups in total. The number of hydrogen-bond acceptors (Lipinski definition) is 3. The Bertz CT molecular complexity index is 593. The van der Waals surface area contributed by atoms with Crippen LogP contribution in [-0.2, 0) is 0 Å². The third kappa shape index (κ3) is 2.35. The number of aryl methyl sites for hydroxylation is 1. The van der Waals surface area contributed by atoms with Crippen molar-refractivity contribution in [3.63, 3.8) is 0 Å². The van der Waals surface area contributed by atoms with E-state index < -0.39 is 0 Å². The number of aromatic nitrogens is 1. The van der Waals surface area contributed by atoms with Crippen LogP contribution in [0.2, 0.25) is 0 Å². The van der Waals surface area contributed by atoms with Crippen LogP contribution in [0, 0.1) is 10.9 Å². The summed E-state index contributed by atoms with van der Waals surface area (Å²) in [5.41, 5.74) is 2.41. The minimum Gasteiger partial charge on any atom is -0.497 e. The van der Waals surface area contributed by atoms with Gasteiger partial charge >= 0.3 is 0 Å². The van der Waals surface area contributed by atoms with Gasteiger partial charge in [0.05, 0.1) is 12.8 Å². The first-order valence-corrected chi connectivity index (χ1v) is 7.13. The highest BCUT2D eigenvalue weighted by atomic mass is 32.1. The monoisotopic (exact) mass is 279 g/mol. The highest BCUT2D eigenvalue weighted by molar-refractivity contribution is 7.73. The molecule has 2 nitrogen and oxygen atoms in total.